The van der Waals surface area contributed by atoms with Crippen molar-refractivity contribution in [3.8, 4) is 0 Å². The monoisotopic (exact) mass is 385 g/mol. The van der Waals surface area contributed by atoms with Crippen LogP contribution in [0.1, 0.15) is 31.4 Å². The topological polar surface area (TPSA) is 84.9 Å². The van der Waals surface area contributed by atoms with E-state index in [1.54, 1.807) is 0 Å². The Balaban J connectivity index is 1.31. The first kappa shape index (κ1) is 19.4. The second-order valence-electron chi connectivity index (χ2n) is 8.07. The third-order valence-corrected chi connectivity index (χ3v) is 5.98. The lowest BCUT2D eigenvalue weighted by Crippen LogP contribution is -2.47. The minimum Gasteiger partial charge on any atom is -0.381 e. The first-order valence-corrected chi connectivity index (χ1v) is 10.5. The molecule has 1 amide bonds. The number of hydrogen-bond acceptors (Lipinski definition) is 5. The van der Waals surface area contributed by atoms with Crippen molar-refractivity contribution < 1.29 is 9.53 Å². The Morgan fingerprint density at radius 1 is 1.21 bits per heavy atom. The van der Waals surface area contributed by atoms with Gasteiger partial charge in [0.2, 0.25) is 5.91 Å². The quantitative estimate of drug-likeness (QED) is 0.808. The third kappa shape index (κ3) is 4.71. The van der Waals surface area contributed by atoms with Gasteiger partial charge in [0.05, 0.1) is 11.6 Å². The van der Waals surface area contributed by atoms with Crippen LogP contribution in [0, 0.1) is 5.92 Å². The van der Waals surface area contributed by atoms with Crippen molar-refractivity contribution in [3.05, 3.63) is 36.3 Å². The highest BCUT2D eigenvalue weighted by Crippen LogP contribution is 2.22. The van der Waals surface area contributed by atoms with Gasteiger partial charge in [-0.1, -0.05) is 6.07 Å². The van der Waals surface area contributed by atoms with Gasteiger partial charge in [-0.05, 0) is 37.8 Å². The van der Waals surface area contributed by atoms with E-state index in [4.69, 9.17) is 10.5 Å². The SMILES string of the molecule is N[C@H]1CC[C@@H](C(=O)NCCc2cn3ccccc3n2)CN(C2CCOCC2)C1. The third-order valence-electron chi connectivity index (χ3n) is 5.98. The van der Waals surface area contributed by atoms with Crippen LogP contribution < -0.4 is 11.1 Å². The van der Waals surface area contributed by atoms with E-state index >= 15 is 0 Å². The smallest absolute Gasteiger partial charge is 0.224 e. The fraction of sp³-hybridized carbons (Fsp3) is 0.619. The summed E-state index contributed by atoms with van der Waals surface area (Å²) in [5.74, 6) is 0.160. The summed E-state index contributed by atoms with van der Waals surface area (Å²) in [6, 6.07) is 6.60. The Morgan fingerprint density at radius 3 is 2.89 bits per heavy atom. The van der Waals surface area contributed by atoms with Crippen LogP contribution >= 0.6 is 0 Å². The number of nitrogens with zero attached hydrogens (tertiary/aromatic N) is 3. The van der Waals surface area contributed by atoms with Gasteiger partial charge in [0.15, 0.2) is 0 Å². The van der Waals surface area contributed by atoms with Gasteiger partial charge in [-0.25, -0.2) is 4.98 Å². The molecule has 4 heterocycles. The molecule has 2 aliphatic heterocycles. The zero-order valence-electron chi connectivity index (χ0n) is 16.4. The predicted molar refractivity (Wildman–Crippen MR) is 108 cm³/mol. The van der Waals surface area contributed by atoms with E-state index < -0.39 is 0 Å². The number of nitrogens with two attached hydrogens (primary N) is 1. The van der Waals surface area contributed by atoms with E-state index in [9.17, 15) is 4.79 Å². The average molecular weight is 386 g/mol. The summed E-state index contributed by atoms with van der Waals surface area (Å²) in [6.45, 7) is 3.93. The molecular weight excluding hydrogens is 354 g/mol. The molecule has 3 N–H and O–H groups in total. The van der Waals surface area contributed by atoms with Gasteiger partial charge in [-0.3, -0.25) is 9.69 Å². The van der Waals surface area contributed by atoms with Crippen molar-refractivity contribution in [1.29, 1.82) is 0 Å². The van der Waals surface area contributed by atoms with Crippen molar-refractivity contribution >= 4 is 11.6 Å². The Kier molecular flexibility index (Phi) is 6.24. The molecule has 0 unspecified atom stereocenters. The summed E-state index contributed by atoms with van der Waals surface area (Å²) in [7, 11) is 0. The Bertz CT molecular complexity index is 753. The number of ether oxygens (including phenoxy) is 1. The maximum absolute atomic E-state index is 12.8. The van der Waals surface area contributed by atoms with Crippen LogP contribution in [-0.2, 0) is 16.0 Å². The lowest BCUT2D eigenvalue weighted by atomic mass is 10.0. The number of pyridine rings is 1. The van der Waals surface area contributed by atoms with Crippen molar-refractivity contribution in [1.82, 2.24) is 19.6 Å². The number of amides is 1. The number of carbonyl (C=O) groups excluding carboxylic acids is 1. The largest absolute Gasteiger partial charge is 0.381 e. The molecule has 2 aromatic rings. The van der Waals surface area contributed by atoms with E-state index in [0.29, 0.717) is 12.6 Å². The van der Waals surface area contributed by atoms with Gasteiger partial charge >= 0.3 is 0 Å². The normalized spacial score (nSPS) is 24.9. The maximum Gasteiger partial charge on any atom is 0.224 e. The molecule has 0 spiro atoms. The van der Waals surface area contributed by atoms with E-state index in [0.717, 1.165) is 69.7 Å². The average Bonchev–Trinajstić information content (AvgIpc) is 3.02. The predicted octanol–water partition coefficient (Wildman–Crippen LogP) is 1.21. The number of likely N-dealkylation sites (tertiary alicyclic amines) is 1. The number of rotatable bonds is 5. The molecule has 28 heavy (non-hydrogen) atoms. The Hall–Kier alpha value is -1.96. The minimum atomic E-state index is 0.0115. The van der Waals surface area contributed by atoms with Crippen LogP contribution in [0.4, 0.5) is 0 Å². The molecule has 2 aliphatic rings. The Morgan fingerprint density at radius 2 is 2.07 bits per heavy atom. The van der Waals surface area contributed by atoms with Crippen molar-refractivity contribution in [2.75, 3.05) is 32.8 Å². The number of imidazole rings is 1. The fourth-order valence-corrected chi connectivity index (χ4v) is 4.38. The molecule has 2 saturated heterocycles. The summed E-state index contributed by atoms with van der Waals surface area (Å²) in [5, 5.41) is 3.13. The first-order chi connectivity index (χ1) is 13.7. The van der Waals surface area contributed by atoms with Crippen LogP contribution in [0.15, 0.2) is 30.6 Å². The van der Waals surface area contributed by atoms with E-state index in [-0.39, 0.29) is 17.9 Å². The minimum absolute atomic E-state index is 0.0115. The molecule has 152 valence electrons. The summed E-state index contributed by atoms with van der Waals surface area (Å²) in [5.41, 5.74) is 8.23. The second-order valence-corrected chi connectivity index (χ2v) is 8.07. The molecule has 0 saturated carbocycles. The van der Waals surface area contributed by atoms with Crippen LogP contribution in [0.3, 0.4) is 0 Å². The van der Waals surface area contributed by atoms with Crippen LogP contribution in [0.25, 0.3) is 5.65 Å². The second kappa shape index (κ2) is 9.03. The molecule has 7 heteroatoms. The van der Waals surface area contributed by atoms with Gasteiger partial charge in [0.25, 0.3) is 0 Å². The zero-order valence-corrected chi connectivity index (χ0v) is 16.4. The number of nitrogens with one attached hydrogen (secondary N) is 1. The maximum atomic E-state index is 12.8. The molecule has 0 aliphatic carbocycles. The van der Waals surface area contributed by atoms with Gasteiger partial charge in [-0.2, -0.15) is 0 Å². The van der Waals surface area contributed by atoms with Gasteiger partial charge in [-0.15, -0.1) is 0 Å². The summed E-state index contributed by atoms with van der Waals surface area (Å²) in [6.07, 6.45) is 8.60. The van der Waals surface area contributed by atoms with E-state index in [1.165, 1.54) is 0 Å². The van der Waals surface area contributed by atoms with Gasteiger partial charge in [0, 0.05) is 63.7 Å². The van der Waals surface area contributed by atoms with Crippen LogP contribution in [0.2, 0.25) is 0 Å². The molecule has 0 bridgehead atoms. The fourth-order valence-electron chi connectivity index (χ4n) is 4.38. The molecule has 0 radical (unpaired) electrons. The summed E-state index contributed by atoms with van der Waals surface area (Å²) in [4.78, 5) is 19.9. The number of hydrogen-bond donors (Lipinski definition) is 2. The highest BCUT2D eigenvalue weighted by atomic mass is 16.5. The number of carbonyl (C=O) groups is 1. The first-order valence-electron chi connectivity index (χ1n) is 10.5. The lowest BCUT2D eigenvalue weighted by Gasteiger charge is -2.35. The number of aromatic nitrogens is 2. The Labute approximate surface area is 166 Å². The van der Waals surface area contributed by atoms with Crippen LogP contribution in [-0.4, -0.2) is 65.1 Å². The molecule has 0 aromatic carbocycles. The lowest BCUT2D eigenvalue weighted by molar-refractivity contribution is -0.125. The van der Waals surface area contributed by atoms with Crippen LogP contribution in [0.5, 0.6) is 0 Å². The van der Waals surface area contributed by atoms with Crippen molar-refractivity contribution in [2.45, 2.75) is 44.2 Å². The van der Waals surface area contributed by atoms with Gasteiger partial charge in [0.1, 0.15) is 5.65 Å². The number of fused-ring (bicyclic) bond motifs is 1. The highest BCUT2D eigenvalue weighted by Gasteiger charge is 2.31. The zero-order chi connectivity index (χ0) is 19.3. The molecule has 7 nitrogen and oxygen atoms in total. The highest BCUT2D eigenvalue weighted by molar-refractivity contribution is 5.78. The summed E-state index contributed by atoms with van der Waals surface area (Å²) >= 11 is 0. The molecule has 2 atom stereocenters. The molecule has 2 aromatic heterocycles. The standard InChI is InChI=1S/C21H31N5O2/c22-17-5-4-16(13-26(14-17)19-7-11-28-12-8-19)21(27)23-9-6-18-15-25-10-2-1-3-20(25)24-18/h1-3,10,15-17,19H,4-9,11-14,22H2,(H,23,27)/t16-,17+/m1/s1. The molecule has 2 fully saturated rings. The van der Waals surface area contributed by atoms with E-state index in [2.05, 4.69) is 15.2 Å². The van der Waals surface area contributed by atoms with Crippen molar-refractivity contribution in [3.63, 3.8) is 0 Å². The van der Waals surface area contributed by atoms with E-state index in [1.807, 2.05) is 35.0 Å². The van der Waals surface area contributed by atoms with Crippen molar-refractivity contribution in [2.24, 2.45) is 11.7 Å². The molecular formula is C21H31N5O2. The van der Waals surface area contributed by atoms with Gasteiger partial charge < -0.3 is 20.2 Å². The summed E-state index contributed by atoms with van der Waals surface area (Å²) < 4.78 is 7.50. The molecule has 4 rings (SSSR count).